The highest BCUT2D eigenvalue weighted by molar-refractivity contribution is 5.94. The Bertz CT molecular complexity index is 812. The van der Waals surface area contributed by atoms with Crippen molar-refractivity contribution in [2.75, 3.05) is 5.73 Å². The van der Waals surface area contributed by atoms with Crippen LogP contribution in [-0.2, 0) is 0 Å². The second kappa shape index (κ2) is 6.88. The number of fused-ring (bicyclic) bond motifs is 1. The summed E-state index contributed by atoms with van der Waals surface area (Å²) < 4.78 is 33.1. The van der Waals surface area contributed by atoms with Crippen LogP contribution in [0.1, 0.15) is 42.2 Å². The Hall–Kier alpha value is -2.34. The first kappa shape index (κ1) is 19.0. The molecule has 0 radical (unpaired) electrons. The van der Waals surface area contributed by atoms with Gasteiger partial charge in [0, 0.05) is 17.7 Å². The second-order valence-corrected chi connectivity index (χ2v) is 6.49. The molecule has 2 aromatic rings. The van der Waals surface area contributed by atoms with Crippen LogP contribution in [0.4, 0.5) is 14.5 Å². The monoisotopic (exact) mass is 368 g/mol. The van der Waals surface area contributed by atoms with Gasteiger partial charge in [0.2, 0.25) is 0 Å². The fourth-order valence-electron chi connectivity index (χ4n) is 2.92. The van der Waals surface area contributed by atoms with Crippen molar-refractivity contribution in [3.8, 4) is 5.75 Å². The second-order valence-electron chi connectivity index (χ2n) is 6.49. The summed E-state index contributed by atoms with van der Waals surface area (Å²) in [5, 5.41) is 2.76. The molecule has 1 unspecified atom stereocenters. The van der Waals surface area contributed by atoms with E-state index in [2.05, 4.69) is 5.32 Å². The van der Waals surface area contributed by atoms with E-state index in [1.807, 2.05) is 13.8 Å². The number of benzene rings is 2. The van der Waals surface area contributed by atoms with E-state index >= 15 is 0 Å². The molecule has 2 aromatic carbocycles. The van der Waals surface area contributed by atoms with Crippen molar-refractivity contribution < 1.29 is 18.3 Å². The number of nitrogens with two attached hydrogens (primary N) is 1. The van der Waals surface area contributed by atoms with Crippen molar-refractivity contribution in [3.63, 3.8) is 0 Å². The van der Waals surface area contributed by atoms with Crippen molar-refractivity contribution in [3.05, 3.63) is 59.2 Å². The number of ether oxygens (including phenoxy) is 1. The maximum absolute atomic E-state index is 13.8. The molecule has 3 rings (SSSR count). The zero-order valence-corrected chi connectivity index (χ0v) is 14.6. The lowest BCUT2D eigenvalue weighted by atomic mass is 9.89. The summed E-state index contributed by atoms with van der Waals surface area (Å²) in [5.74, 6) is -2.28. The molecule has 1 heterocycles. The molecule has 134 valence electrons. The summed E-state index contributed by atoms with van der Waals surface area (Å²) in [6, 6.07) is 8.28. The molecule has 3 N–H and O–H groups in total. The number of carbonyl (C=O) groups is 1. The Balaban J connectivity index is 0.00000225. The van der Waals surface area contributed by atoms with Crippen LogP contribution in [0, 0.1) is 11.6 Å². The number of anilines is 1. The van der Waals surface area contributed by atoms with Gasteiger partial charge in [-0.15, -0.1) is 12.4 Å². The van der Waals surface area contributed by atoms with Crippen molar-refractivity contribution >= 4 is 24.0 Å². The minimum Gasteiger partial charge on any atom is -0.487 e. The van der Waals surface area contributed by atoms with Gasteiger partial charge in [0.25, 0.3) is 5.91 Å². The van der Waals surface area contributed by atoms with E-state index in [-0.39, 0.29) is 18.0 Å². The maximum Gasteiger partial charge on any atom is 0.254 e. The molecule has 0 aliphatic carbocycles. The summed E-state index contributed by atoms with van der Waals surface area (Å²) in [6.07, 6.45) is 0.478. The molecule has 1 aliphatic rings. The number of nitrogen functional groups attached to an aromatic ring is 1. The van der Waals surface area contributed by atoms with Gasteiger partial charge >= 0.3 is 0 Å². The van der Waals surface area contributed by atoms with Crippen LogP contribution in [-0.4, -0.2) is 11.5 Å². The number of amides is 1. The molecule has 0 aromatic heterocycles. The smallest absolute Gasteiger partial charge is 0.254 e. The summed E-state index contributed by atoms with van der Waals surface area (Å²) in [6.45, 7) is 3.79. The average molecular weight is 369 g/mol. The fourth-order valence-corrected chi connectivity index (χ4v) is 2.92. The van der Waals surface area contributed by atoms with E-state index in [1.54, 1.807) is 18.2 Å². The van der Waals surface area contributed by atoms with E-state index in [0.717, 1.165) is 11.6 Å². The standard InChI is InChI=1S/C18H18F2N2O2.ClH/c1-18(2)9-14(12-8-10(21)6-7-15(12)24-18)22-17(23)11-4-3-5-13(19)16(11)20;/h3-8,14H,9,21H2,1-2H3,(H,22,23);1H. The minimum atomic E-state index is -1.16. The SMILES string of the molecule is CC1(C)CC(NC(=O)c2cccc(F)c2F)c2cc(N)ccc2O1.Cl. The van der Waals surface area contributed by atoms with Crippen LogP contribution in [0.2, 0.25) is 0 Å². The number of hydrogen-bond acceptors (Lipinski definition) is 3. The maximum atomic E-state index is 13.8. The number of halogens is 3. The molecular weight excluding hydrogens is 350 g/mol. The normalized spacial score (nSPS) is 17.7. The third-order valence-electron chi connectivity index (χ3n) is 3.99. The van der Waals surface area contributed by atoms with E-state index in [4.69, 9.17) is 10.5 Å². The van der Waals surface area contributed by atoms with Gasteiger partial charge in [-0.3, -0.25) is 4.79 Å². The van der Waals surface area contributed by atoms with Gasteiger partial charge in [0.15, 0.2) is 11.6 Å². The summed E-state index contributed by atoms with van der Waals surface area (Å²) in [7, 11) is 0. The molecule has 0 fully saturated rings. The number of rotatable bonds is 2. The van der Waals surface area contributed by atoms with Crippen LogP contribution in [0.25, 0.3) is 0 Å². The fraction of sp³-hybridized carbons (Fsp3) is 0.278. The van der Waals surface area contributed by atoms with Gasteiger partial charge in [0.05, 0.1) is 11.6 Å². The van der Waals surface area contributed by atoms with Crippen molar-refractivity contribution in [2.45, 2.75) is 31.9 Å². The number of carbonyl (C=O) groups excluding carboxylic acids is 1. The zero-order chi connectivity index (χ0) is 17.5. The largest absolute Gasteiger partial charge is 0.487 e. The van der Waals surface area contributed by atoms with Gasteiger partial charge in [-0.1, -0.05) is 6.07 Å². The Kier molecular flexibility index (Phi) is 5.23. The molecule has 1 atom stereocenters. The third kappa shape index (κ3) is 3.85. The lowest BCUT2D eigenvalue weighted by Crippen LogP contribution is -2.41. The molecule has 7 heteroatoms. The van der Waals surface area contributed by atoms with Gasteiger partial charge in [-0.05, 0) is 44.2 Å². The highest BCUT2D eigenvalue weighted by atomic mass is 35.5. The Labute approximate surface area is 150 Å². The molecule has 25 heavy (non-hydrogen) atoms. The molecule has 1 aliphatic heterocycles. The average Bonchev–Trinajstić information content (AvgIpc) is 2.50. The predicted octanol–water partition coefficient (Wildman–Crippen LogP) is 4.00. The summed E-state index contributed by atoms with van der Waals surface area (Å²) in [4.78, 5) is 12.4. The zero-order valence-electron chi connectivity index (χ0n) is 13.8. The molecule has 0 saturated carbocycles. The molecule has 0 bridgehead atoms. The number of nitrogens with one attached hydrogen (secondary N) is 1. The molecule has 0 saturated heterocycles. The van der Waals surface area contributed by atoms with Crippen LogP contribution in [0.3, 0.4) is 0 Å². The molecular formula is C18H19ClF2N2O2. The van der Waals surface area contributed by atoms with Crippen LogP contribution in [0.15, 0.2) is 36.4 Å². The highest BCUT2D eigenvalue weighted by Crippen LogP contribution is 2.40. The number of hydrogen-bond donors (Lipinski definition) is 2. The first-order valence-electron chi connectivity index (χ1n) is 7.60. The summed E-state index contributed by atoms with van der Waals surface area (Å²) >= 11 is 0. The van der Waals surface area contributed by atoms with Gasteiger partial charge in [0.1, 0.15) is 11.4 Å². The first-order chi connectivity index (χ1) is 11.3. The van der Waals surface area contributed by atoms with Gasteiger partial charge < -0.3 is 15.8 Å². The first-order valence-corrected chi connectivity index (χ1v) is 7.60. The lowest BCUT2D eigenvalue weighted by molar-refractivity contribution is 0.0618. The quantitative estimate of drug-likeness (QED) is 0.787. The van der Waals surface area contributed by atoms with Crippen molar-refractivity contribution in [1.29, 1.82) is 0 Å². The van der Waals surface area contributed by atoms with Crippen LogP contribution < -0.4 is 15.8 Å². The third-order valence-corrected chi connectivity index (χ3v) is 3.99. The topological polar surface area (TPSA) is 64.4 Å². The lowest BCUT2D eigenvalue weighted by Gasteiger charge is -2.38. The van der Waals surface area contributed by atoms with Gasteiger partial charge in [-0.25, -0.2) is 8.78 Å². The van der Waals surface area contributed by atoms with E-state index in [9.17, 15) is 13.6 Å². The van der Waals surface area contributed by atoms with E-state index in [1.165, 1.54) is 12.1 Å². The van der Waals surface area contributed by atoms with Crippen LogP contribution in [0.5, 0.6) is 5.75 Å². The van der Waals surface area contributed by atoms with E-state index in [0.29, 0.717) is 17.9 Å². The van der Waals surface area contributed by atoms with Gasteiger partial charge in [-0.2, -0.15) is 0 Å². The predicted molar refractivity (Wildman–Crippen MR) is 94.0 cm³/mol. The van der Waals surface area contributed by atoms with Crippen molar-refractivity contribution in [1.82, 2.24) is 5.32 Å². The Morgan fingerprint density at radius 2 is 2.00 bits per heavy atom. The molecule has 4 nitrogen and oxygen atoms in total. The Morgan fingerprint density at radius 3 is 2.72 bits per heavy atom. The summed E-state index contributed by atoms with van der Waals surface area (Å²) in [5.41, 5.74) is 6.24. The van der Waals surface area contributed by atoms with E-state index < -0.39 is 29.2 Å². The molecule has 0 spiro atoms. The highest BCUT2D eigenvalue weighted by Gasteiger charge is 2.35. The Morgan fingerprint density at radius 1 is 1.28 bits per heavy atom. The van der Waals surface area contributed by atoms with Crippen LogP contribution >= 0.6 is 12.4 Å². The van der Waals surface area contributed by atoms with Crippen molar-refractivity contribution in [2.24, 2.45) is 0 Å². The minimum absolute atomic E-state index is 0. The molecule has 1 amide bonds.